The molecule has 1 unspecified atom stereocenters. The zero-order chi connectivity index (χ0) is 13.9. The van der Waals surface area contributed by atoms with Crippen molar-refractivity contribution in [2.45, 2.75) is 38.1 Å². The van der Waals surface area contributed by atoms with Gasteiger partial charge in [-0.25, -0.2) is 8.42 Å². The maximum absolute atomic E-state index is 11.5. The lowest BCUT2D eigenvalue weighted by Crippen LogP contribution is -2.24. The Labute approximate surface area is 114 Å². The van der Waals surface area contributed by atoms with Crippen LogP contribution in [0.15, 0.2) is 23.1 Å². The third kappa shape index (κ3) is 3.89. The molecule has 1 N–H and O–H groups in total. The summed E-state index contributed by atoms with van der Waals surface area (Å²) in [5.41, 5.74) is 0.681. The molecule has 5 heteroatoms. The highest BCUT2D eigenvalue weighted by molar-refractivity contribution is 7.90. The molecule has 0 saturated heterocycles. The summed E-state index contributed by atoms with van der Waals surface area (Å²) in [6, 6.07) is 5.02. The molecule has 0 aliphatic rings. The number of anilines is 1. The van der Waals surface area contributed by atoms with Gasteiger partial charge in [-0.2, -0.15) is 0 Å². The van der Waals surface area contributed by atoms with Gasteiger partial charge in [-0.05, 0) is 30.5 Å². The van der Waals surface area contributed by atoms with E-state index < -0.39 is 9.84 Å². The van der Waals surface area contributed by atoms with E-state index in [0.717, 1.165) is 6.42 Å². The van der Waals surface area contributed by atoms with Crippen molar-refractivity contribution in [3.05, 3.63) is 23.2 Å². The minimum absolute atomic E-state index is 0.275. The van der Waals surface area contributed by atoms with Gasteiger partial charge in [0, 0.05) is 12.3 Å². The van der Waals surface area contributed by atoms with Gasteiger partial charge in [0.2, 0.25) is 0 Å². The first-order chi connectivity index (χ1) is 8.25. The smallest absolute Gasteiger partial charge is 0.175 e. The van der Waals surface area contributed by atoms with Crippen LogP contribution in [0.4, 0.5) is 5.69 Å². The zero-order valence-electron chi connectivity index (χ0n) is 11.2. The number of sulfone groups is 1. The van der Waals surface area contributed by atoms with Crippen LogP contribution in [0.5, 0.6) is 0 Å². The Morgan fingerprint density at radius 2 is 1.94 bits per heavy atom. The molecule has 0 amide bonds. The molecular weight excluding hydrogens is 270 g/mol. The van der Waals surface area contributed by atoms with Gasteiger partial charge in [0.15, 0.2) is 9.84 Å². The van der Waals surface area contributed by atoms with E-state index in [4.69, 9.17) is 11.6 Å². The molecular formula is C13H20ClNO2S. The molecule has 0 radical (unpaired) electrons. The van der Waals surface area contributed by atoms with Gasteiger partial charge < -0.3 is 5.32 Å². The Morgan fingerprint density at radius 3 is 2.39 bits per heavy atom. The van der Waals surface area contributed by atoms with Gasteiger partial charge in [-0.1, -0.05) is 32.4 Å². The van der Waals surface area contributed by atoms with Crippen LogP contribution >= 0.6 is 11.6 Å². The summed E-state index contributed by atoms with van der Waals surface area (Å²) in [5.74, 6) is 0.452. The predicted molar refractivity (Wildman–Crippen MR) is 77.1 cm³/mol. The molecule has 0 bridgehead atoms. The minimum atomic E-state index is -3.20. The SMILES string of the molecule is CCC(Nc1cc(S(C)(=O)=O)ccc1Cl)C(C)C. The van der Waals surface area contributed by atoms with E-state index in [1.54, 1.807) is 12.1 Å². The summed E-state index contributed by atoms with van der Waals surface area (Å²) in [6.07, 6.45) is 2.15. The van der Waals surface area contributed by atoms with Crippen molar-refractivity contribution in [2.75, 3.05) is 11.6 Å². The molecule has 0 saturated carbocycles. The molecule has 0 spiro atoms. The topological polar surface area (TPSA) is 46.2 Å². The van der Waals surface area contributed by atoms with Crippen LogP contribution < -0.4 is 5.32 Å². The summed E-state index contributed by atoms with van der Waals surface area (Å²) in [5, 5.41) is 3.86. The maximum atomic E-state index is 11.5. The normalized spacial score (nSPS) is 13.7. The lowest BCUT2D eigenvalue weighted by Gasteiger charge is -2.23. The highest BCUT2D eigenvalue weighted by Crippen LogP contribution is 2.27. The number of benzene rings is 1. The Morgan fingerprint density at radius 1 is 1.33 bits per heavy atom. The Hall–Kier alpha value is -0.740. The van der Waals surface area contributed by atoms with E-state index in [1.165, 1.54) is 12.3 Å². The van der Waals surface area contributed by atoms with Crippen LogP contribution in [0.3, 0.4) is 0 Å². The average molecular weight is 290 g/mol. The first kappa shape index (κ1) is 15.3. The third-order valence-electron chi connectivity index (χ3n) is 2.95. The molecule has 1 aromatic carbocycles. The fourth-order valence-electron chi connectivity index (χ4n) is 1.79. The van der Waals surface area contributed by atoms with Crippen LogP contribution in [-0.2, 0) is 9.84 Å². The number of hydrogen-bond acceptors (Lipinski definition) is 3. The summed E-state index contributed by atoms with van der Waals surface area (Å²) in [7, 11) is -3.20. The predicted octanol–water partition coefficient (Wildman–Crippen LogP) is 3.59. The first-order valence-electron chi connectivity index (χ1n) is 6.01. The second-order valence-electron chi connectivity index (χ2n) is 4.82. The van der Waals surface area contributed by atoms with Gasteiger partial charge in [0.25, 0.3) is 0 Å². The molecule has 1 atom stereocenters. The van der Waals surface area contributed by atoms with Crippen LogP contribution in [0.2, 0.25) is 5.02 Å². The molecule has 0 heterocycles. The number of halogens is 1. The second kappa shape index (κ2) is 5.93. The molecule has 18 heavy (non-hydrogen) atoms. The van der Waals surface area contributed by atoms with E-state index in [0.29, 0.717) is 16.6 Å². The Kier molecular flexibility index (Phi) is 5.05. The number of nitrogens with one attached hydrogen (secondary N) is 1. The van der Waals surface area contributed by atoms with E-state index >= 15 is 0 Å². The number of hydrogen-bond donors (Lipinski definition) is 1. The highest BCUT2D eigenvalue weighted by Gasteiger charge is 2.15. The maximum Gasteiger partial charge on any atom is 0.175 e. The zero-order valence-corrected chi connectivity index (χ0v) is 12.8. The fourth-order valence-corrected chi connectivity index (χ4v) is 2.60. The van der Waals surface area contributed by atoms with Crippen LogP contribution in [-0.4, -0.2) is 20.7 Å². The van der Waals surface area contributed by atoms with Crippen LogP contribution in [0, 0.1) is 5.92 Å². The standard InChI is InChI=1S/C13H20ClNO2S/c1-5-12(9(2)3)15-13-8-10(18(4,16)17)6-7-11(13)14/h6-9,12,15H,5H2,1-4H3. The lowest BCUT2D eigenvalue weighted by molar-refractivity contribution is 0.511. The molecule has 1 rings (SSSR count). The molecule has 0 aliphatic carbocycles. The molecule has 0 aliphatic heterocycles. The Bertz CT molecular complexity index is 512. The summed E-state index contributed by atoms with van der Waals surface area (Å²) < 4.78 is 23.0. The summed E-state index contributed by atoms with van der Waals surface area (Å²) in [4.78, 5) is 0.285. The van der Waals surface area contributed by atoms with Crippen molar-refractivity contribution in [1.82, 2.24) is 0 Å². The van der Waals surface area contributed by atoms with Gasteiger partial charge in [0.1, 0.15) is 0 Å². The van der Waals surface area contributed by atoms with E-state index in [-0.39, 0.29) is 10.9 Å². The van der Waals surface area contributed by atoms with Gasteiger partial charge >= 0.3 is 0 Å². The van der Waals surface area contributed by atoms with E-state index in [2.05, 4.69) is 26.1 Å². The van der Waals surface area contributed by atoms with Crippen molar-refractivity contribution < 1.29 is 8.42 Å². The largest absolute Gasteiger partial charge is 0.381 e. The van der Waals surface area contributed by atoms with Crippen molar-refractivity contribution in [1.29, 1.82) is 0 Å². The van der Waals surface area contributed by atoms with Gasteiger partial charge in [-0.15, -0.1) is 0 Å². The van der Waals surface area contributed by atoms with Crippen LogP contribution in [0.25, 0.3) is 0 Å². The summed E-state index contributed by atoms with van der Waals surface area (Å²) >= 11 is 6.09. The molecule has 0 fully saturated rings. The molecule has 0 aromatic heterocycles. The van der Waals surface area contributed by atoms with E-state index in [1.807, 2.05) is 0 Å². The molecule has 1 aromatic rings. The third-order valence-corrected chi connectivity index (χ3v) is 4.39. The van der Waals surface area contributed by atoms with E-state index in [9.17, 15) is 8.42 Å². The van der Waals surface area contributed by atoms with Gasteiger partial charge in [0.05, 0.1) is 15.6 Å². The first-order valence-corrected chi connectivity index (χ1v) is 8.28. The second-order valence-corrected chi connectivity index (χ2v) is 7.24. The number of rotatable bonds is 5. The average Bonchev–Trinajstić information content (AvgIpc) is 2.25. The van der Waals surface area contributed by atoms with Crippen molar-refractivity contribution in [3.63, 3.8) is 0 Å². The Balaban J connectivity index is 3.09. The van der Waals surface area contributed by atoms with Crippen molar-refractivity contribution in [2.24, 2.45) is 5.92 Å². The minimum Gasteiger partial charge on any atom is -0.381 e. The monoisotopic (exact) mass is 289 g/mol. The fraction of sp³-hybridized carbons (Fsp3) is 0.538. The van der Waals surface area contributed by atoms with Crippen LogP contribution in [0.1, 0.15) is 27.2 Å². The van der Waals surface area contributed by atoms with Crippen molar-refractivity contribution >= 4 is 27.1 Å². The molecule has 102 valence electrons. The highest BCUT2D eigenvalue weighted by atomic mass is 35.5. The summed E-state index contributed by atoms with van der Waals surface area (Å²) in [6.45, 7) is 6.33. The lowest BCUT2D eigenvalue weighted by atomic mass is 10.0. The quantitative estimate of drug-likeness (QED) is 0.901. The van der Waals surface area contributed by atoms with Gasteiger partial charge in [-0.3, -0.25) is 0 Å². The van der Waals surface area contributed by atoms with Crippen molar-refractivity contribution in [3.8, 4) is 0 Å². The molecule has 3 nitrogen and oxygen atoms in total.